The van der Waals surface area contributed by atoms with Crippen molar-refractivity contribution in [2.75, 3.05) is 0 Å². The second kappa shape index (κ2) is 8.21. The van der Waals surface area contributed by atoms with Crippen molar-refractivity contribution in [1.29, 1.82) is 0 Å². The Labute approximate surface area is 145 Å². The molecule has 4 saturated carbocycles. The van der Waals surface area contributed by atoms with E-state index >= 15 is 0 Å². The van der Waals surface area contributed by atoms with Gasteiger partial charge in [0.15, 0.2) is 0 Å². The van der Waals surface area contributed by atoms with Crippen LogP contribution in [0.25, 0.3) is 0 Å². The van der Waals surface area contributed by atoms with Crippen LogP contribution in [0.5, 0.6) is 0 Å². The molecule has 132 valence electrons. The molecule has 0 spiro atoms. The van der Waals surface area contributed by atoms with E-state index in [4.69, 9.17) is 0 Å². The van der Waals surface area contributed by atoms with E-state index in [-0.39, 0.29) is 0 Å². The topological polar surface area (TPSA) is 0 Å². The molecule has 0 N–H and O–H groups in total. The summed E-state index contributed by atoms with van der Waals surface area (Å²) in [7, 11) is 0. The van der Waals surface area contributed by atoms with E-state index in [9.17, 15) is 0 Å². The van der Waals surface area contributed by atoms with Crippen molar-refractivity contribution in [3.05, 3.63) is 11.6 Å². The summed E-state index contributed by atoms with van der Waals surface area (Å²) in [5.74, 6) is 3.33. The summed E-state index contributed by atoms with van der Waals surface area (Å²) >= 11 is 0. The standard InChI is InChI=1S/C18H32.C5H8/c1-2-17(15-9-5-3-6-10-15)18(16-11-12-16)13-7-4-8-14-18;1-2-5-3-4-5/h15-17H,2-14H2,1H3;2H,3-4H2,1H3. The maximum absolute atomic E-state index is 2.50. The van der Waals surface area contributed by atoms with Crippen molar-refractivity contribution in [3.8, 4) is 0 Å². The fourth-order valence-electron chi connectivity index (χ4n) is 6.06. The zero-order valence-electron chi connectivity index (χ0n) is 15.9. The van der Waals surface area contributed by atoms with Crippen molar-refractivity contribution in [2.24, 2.45) is 23.2 Å². The van der Waals surface area contributed by atoms with Crippen LogP contribution in [0.15, 0.2) is 11.6 Å². The van der Waals surface area contributed by atoms with E-state index in [1.165, 1.54) is 44.9 Å². The molecule has 0 aromatic rings. The first-order valence-corrected chi connectivity index (χ1v) is 10.9. The molecule has 4 fully saturated rings. The highest BCUT2D eigenvalue weighted by molar-refractivity contribution is 5.14. The second-order valence-corrected chi connectivity index (χ2v) is 8.93. The van der Waals surface area contributed by atoms with Crippen LogP contribution in [0.1, 0.15) is 110 Å². The molecular weight excluding hydrogens is 276 g/mol. The Balaban J connectivity index is 0.000000267. The first kappa shape index (κ1) is 17.6. The highest BCUT2D eigenvalue weighted by Gasteiger charge is 2.51. The maximum Gasteiger partial charge on any atom is -0.0238 e. The fourth-order valence-corrected chi connectivity index (χ4v) is 6.06. The van der Waals surface area contributed by atoms with Crippen LogP contribution in [0.4, 0.5) is 0 Å². The number of hydrogen-bond acceptors (Lipinski definition) is 0. The fraction of sp³-hybridized carbons (Fsp3) is 0.913. The largest absolute Gasteiger partial charge is 0.0884 e. The molecule has 0 aromatic carbocycles. The van der Waals surface area contributed by atoms with Gasteiger partial charge < -0.3 is 0 Å². The lowest BCUT2D eigenvalue weighted by atomic mass is 9.57. The van der Waals surface area contributed by atoms with E-state index in [0.29, 0.717) is 0 Å². The van der Waals surface area contributed by atoms with Gasteiger partial charge in [-0.25, -0.2) is 0 Å². The minimum absolute atomic E-state index is 0.814. The van der Waals surface area contributed by atoms with E-state index in [0.717, 1.165) is 23.2 Å². The van der Waals surface area contributed by atoms with Crippen LogP contribution in [-0.2, 0) is 0 Å². The van der Waals surface area contributed by atoms with E-state index in [1.807, 2.05) is 0 Å². The van der Waals surface area contributed by atoms with Gasteiger partial charge in [0, 0.05) is 0 Å². The summed E-state index contributed by atoms with van der Waals surface area (Å²) in [6.07, 6.45) is 25.0. The zero-order chi connectivity index (χ0) is 16.1. The lowest BCUT2D eigenvalue weighted by Crippen LogP contribution is -2.39. The molecule has 1 unspecified atom stereocenters. The molecule has 4 aliphatic rings. The number of allylic oxidation sites excluding steroid dienone is 2. The molecule has 0 heterocycles. The monoisotopic (exact) mass is 316 g/mol. The number of rotatable bonds is 4. The van der Waals surface area contributed by atoms with Crippen molar-refractivity contribution < 1.29 is 0 Å². The molecule has 0 radical (unpaired) electrons. The smallest absolute Gasteiger partial charge is 0.0238 e. The average molecular weight is 317 g/mol. The Morgan fingerprint density at radius 1 is 0.913 bits per heavy atom. The molecule has 0 nitrogen and oxygen atoms in total. The van der Waals surface area contributed by atoms with Gasteiger partial charge in [-0.15, -0.1) is 0 Å². The second-order valence-electron chi connectivity index (χ2n) is 8.93. The van der Waals surface area contributed by atoms with Gasteiger partial charge in [-0.1, -0.05) is 76.4 Å². The molecular formula is C23H40. The molecule has 0 bridgehead atoms. The van der Waals surface area contributed by atoms with Gasteiger partial charge in [-0.05, 0) is 68.6 Å². The molecule has 23 heavy (non-hydrogen) atoms. The van der Waals surface area contributed by atoms with Crippen molar-refractivity contribution in [2.45, 2.75) is 110 Å². The molecule has 0 aliphatic heterocycles. The minimum Gasteiger partial charge on any atom is -0.0884 e. The Morgan fingerprint density at radius 3 is 1.96 bits per heavy atom. The Morgan fingerprint density at radius 2 is 1.52 bits per heavy atom. The summed E-state index contributed by atoms with van der Waals surface area (Å²) in [5, 5.41) is 0. The van der Waals surface area contributed by atoms with Gasteiger partial charge in [-0.3, -0.25) is 0 Å². The SMILES string of the molecule is CC=C1CC1.CCC(C1CCCCC1)C1(C2CC2)CCCCC1. The van der Waals surface area contributed by atoms with Crippen molar-refractivity contribution in [1.82, 2.24) is 0 Å². The van der Waals surface area contributed by atoms with Crippen molar-refractivity contribution >= 4 is 0 Å². The highest BCUT2D eigenvalue weighted by atomic mass is 14.6. The van der Waals surface area contributed by atoms with Gasteiger partial charge in [0.2, 0.25) is 0 Å². The van der Waals surface area contributed by atoms with E-state index in [1.54, 1.807) is 56.9 Å². The van der Waals surface area contributed by atoms with Crippen LogP contribution in [0, 0.1) is 23.2 Å². The van der Waals surface area contributed by atoms with Crippen LogP contribution in [0.3, 0.4) is 0 Å². The molecule has 1 atom stereocenters. The molecule has 0 saturated heterocycles. The summed E-state index contributed by atoms with van der Waals surface area (Å²) in [5.41, 5.74) is 2.44. The number of hydrogen-bond donors (Lipinski definition) is 0. The van der Waals surface area contributed by atoms with Gasteiger partial charge >= 0.3 is 0 Å². The van der Waals surface area contributed by atoms with E-state index in [2.05, 4.69) is 19.9 Å². The Hall–Kier alpha value is -0.260. The third-order valence-corrected chi connectivity index (χ3v) is 7.52. The molecule has 0 amide bonds. The minimum atomic E-state index is 0.814. The molecule has 4 aliphatic carbocycles. The average Bonchev–Trinajstić information content (AvgIpc) is 3.51. The van der Waals surface area contributed by atoms with Crippen molar-refractivity contribution in [3.63, 3.8) is 0 Å². The molecule has 0 heteroatoms. The first-order chi connectivity index (χ1) is 11.3. The molecule has 4 rings (SSSR count). The third-order valence-electron chi connectivity index (χ3n) is 7.52. The maximum atomic E-state index is 2.50. The van der Waals surface area contributed by atoms with Gasteiger partial charge in [0.25, 0.3) is 0 Å². The predicted octanol–water partition coefficient (Wildman–Crippen LogP) is 7.68. The normalized spacial score (nSPS) is 28.5. The van der Waals surface area contributed by atoms with E-state index < -0.39 is 0 Å². The highest BCUT2D eigenvalue weighted by Crippen LogP contribution is 2.61. The zero-order valence-corrected chi connectivity index (χ0v) is 15.9. The molecule has 0 aromatic heterocycles. The summed E-state index contributed by atoms with van der Waals surface area (Å²) < 4.78 is 0. The summed E-state index contributed by atoms with van der Waals surface area (Å²) in [6, 6.07) is 0. The third kappa shape index (κ3) is 4.43. The van der Waals surface area contributed by atoms with Crippen LogP contribution in [-0.4, -0.2) is 0 Å². The quantitative estimate of drug-likeness (QED) is 0.466. The summed E-state index contributed by atoms with van der Waals surface area (Å²) in [6.45, 7) is 4.60. The Kier molecular flexibility index (Phi) is 6.27. The van der Waals surface area contributed by atoms with Gasteiger partial charge in [-0.2, -0.15) is 0 Å². The van der Waals surface area contributed by atoms with Crippen LogP contribution in [0.2, 0.25) is 0 Å². The van der Waals surface area contributed by atoms with Crippen LogP contribution < -0.4 is 0 Å². The first-order valence-electron chi connectivity index (χ1n) is 10.9. The van der Waals surface area contributed by atoms with Crippen LogP contribution >= 0.6 is 0 Å². The lowest BCUT2D eigenvalue weighted by Gasteiger charge is -2.48. The lowest BCUT2D eigenvalue weighted by molar-refractivity contribution is 0.0137. The predicted molar refractivity (Wildman–Crippen MR) is 102 cm³/mol. The summed E-state index contributed by atoms with van der Waals surface area (Å²) in [4.78, 5) is 0. The van der Waals surface area contributed by atoms with Gasteiger partial charge in [0.1, 0.15) is 0 Å². The van der Waals surface area contributed by atoms with Gasteiger partial charge in [0.05, 0.1) is 0 Å². The Bertz CT molecular complexity index is 369.